The summed E-state index contributed by atoms with van der Waals surface area (Å²) in [4.78, 5) is 8.24. The molecule has 0 saturated carbocycles. The molecule has 1 heterocycles. The van der Waals surface area contributed by atoms with Crippen LogP contribution < -0.4 is 10.5 Å². The standard InChI is InChI=1S/C10H17N3O/c1-8(2)7-14-10-12-6-4-9(13-10)3-5-11/h4,6,8H,3,5,7,11H2,1-2H3. The molecule has 1 aromatic rings. The van der Waals surface area contributed by atoms with Gasteiger partial charge in [-0.2, -0.15) is 0 Å². The Morgan fingerprint density at radius 3 is 2.93 bits per heavy atom. The van der Waals surface area contributed by atoms with Crippen molar-refractivity contribution in [3.8, 4) is 6.01 Å². The van der Waals surface area contributed by atoms with Gasteiger partial charge in [-0.3, -0.25) is 0 Å². The summed E-state index contributed by atoms with van der Waals surface area (Å²) in [5.41, 5.74) is 6.36. The number of rotatable bonds is 5. The quantitative estimate of drug-likeness (QED) is 0.761. The van der Waals surface area contributed by atoms with Gasteiger partial charge < -0.3 is 10.5 Å². The molecule has 0 unspecified atom stereocenters. The first kappa shape index (κ1) is 10.9. The zero-order valence-electron chi connectivity index (χ0n) is 8.73. The predicted octanol–water partition coefficient (Wildman–Crippen LogP) is 1.01. The van der Waals surface area contributed by atoms with E-state index in [1.54, 1.807) is 6.20 Å². The average Bonchev–Trinajstić information content (AvgIpc) is 2.16. The van der Waals surface area contributed by atoms with Crippen LogP contribution in [0.25, 0.3) is 0 Å². The fraction of sp³-hybridized carbons (Fsp3) is 0.600. The Kier molecular flexibility index (Phi) is 4.32. The van der Waals surface area contributed by atoms with Gasteiger partial charge in [0.15, 0.2) is 0 Å². The lowest BCUT2D eigenvalue weighted by atomic mass is 10.2. The zero-order valence-corrected chi connectivity index (χ0v) is 8.73. The van der Waals surface area contributed by atoms with Crippen LogP contribution in [0, 0.1) is 5.92 Å². The van der Waals surface area contributed by atoms with Crippen molar-refractivity contribution in [2.75, 3.05) is 13.2 Å². The average molecular weight is 195 g/mol. The SMILES string of the molecule is CC(C)COc1nccc(CCN)n1. The monoisotopic (exact) mass is 195 g/mol. The minimum atomic E-state index is 0.449. The van der Waals surface area contributed by atoms with Crippen LogP contribution in [0.1, 0.15) is 19.5 Å². The third kappa shape index (κ3) is 3.70. The largest absolute Gasteiger partial charge is 0.463 e. The molecule has 2 N–H and O–H groups in total. The molecule has 14 heavy (non-hydrogen) atoms. The fourth-order valence-corrected chi connectivity index (χ4v) is 0.974. The van der Waals surface area contributed by atoms with Gasteiger partial charge in [-0.25, -0.2) is 9.97 Å². The smallest absolute Gasteiger partial charge is 0.316 e. The van der Waals surface area contributed by atoms with Crippen LogP contribution in [0.5, 0.6) is 6.01 Å². The Morgan fingerprint density at radius 2 is 2.29 bits per heavy atom. The molecule has 4 nitrogen and oxygen atoms in total. The van der Waals surface area contributed by atoms with Crippen molar-refractivity contribution in [1.29, 1.82) is 0 Å². The molecular formula is C10H17N3O. The van der Waals surface area contributed by atoms with Gasteiger partial charge in [-0.15, -0.1) is 0 Å². The lowest BCUT2D eigenvalue weighted by Gasteiger charge is -2.07. The highest BCUT2D eigenvalue weighted by Crippen LogP contribution is 2.04. The van der Waals surface area contributed by atoms with Crippen molar-refractivity contribution in [3.05, 3.63) is 18.0 Å². The second kappa shape index (κ2) is 5.54. The maximum atomic E-state index is 5.43. The zero-order chi connectivity index (χ0) is 10.4. The first-order valence-electron chi connectivity index (χ1n) is 4.87. The van der Waals surface area contributed by atoms with E-state index in [0.717, 1.165) is 12.1 Å². The van der Waals surface area contributed by atoms with Crippen LogP contribution in [0.4, 0.5) is 0 Å². The van der Waals surface area contributed by atoms with Gasteiger partial charge in [0.1, 0.15) is 0 Å². The number of hydrogen-bond acceptors (Lipinski definition) is 4. The molecular weight excluding hydrogens is 178 g/mol. The Bertz CT molecular complexity index is 276. The van der Waals surface area contributed by atoms with Gasteiger partial charge in [-0.1, -0.05) is 13.8 Å². The van der Waals surface area contributed by atoms with Crippen molar-refractivity contribution in [1.82, 2.24) is 9.97 Å². The van der Waals surface area contributed by atoms with Gasteiger partial charge in [0.25, 0.3) is 0 Å². The topological polar surface area (TPSA) is 61.0 Å². The van der Waals surface area contributed by atoms with Gasteiger partial charge in [0, 0.05) is 18.3 Å². The maximum absolute atomic E-state index is 5.43. The molecule has 0 fully saturated rings. The number of nitrogens with zero attached hydrogens (tertiary/aromatic N) is 2. The minimum Gasteiger partial charge on any atom is -0.463 e. The second-order valence-electron chi connectivity index (χ2n) is 3.57. The number of hydrogen-bond donors (Lipinski definition) is 1. The Morgan fingerprint density at radius 1 is 1.50 bits per heavy atom. The van der Waals surface area contributed by atoms with E-state index in [0.29, 0.717) is 25.1 Å². The number of nitrogens with two attached hydrogens (primary N) is 1. The van der Waals surface area contributed by atoms with Crippen molar-refractivity contribution in [2.24, 2.45) is 11.7 Å². The third-order valence-electron chi connectivity index (χ3n) is 1.64. The van der Waals surface area contributed by atoms with E-state index in [4.69, 9.17) is 10.5 Å². The fourth-order valence-electron chi connectivity index (χ4n) is 0.974. The second-order valence-corrected chi connectivity index (χ2v) is 3.57. The van der Waals surface area contributed by atoms with Crippen LogP contribution in [0.15, 0.2) is 12.3 Å². The molecule has 0 aliphatic carbocycles. The van der Waals surface area contributed by atoms with Crippen LogP contribution >= 0.6 is 0 Å². The summed E-state index contributed by atoms with van der Waals surface area (Å²) in [7, 11) is 0. The van der Waals surface area contributed by atoms with Gasteiger partial charge in [-0.05, 0) is 18.5 Å². The highest BCUT2D eigenvalue weighted by Gasteiger charge is 2.01. The summed E-state index contributed by atoms with van der Waals surface area (Å²) in [5.74, 6) is 0.483. The molecule has 0 saturated heterocycles. The Balaban J connectivity index is 2.54. The van der Waals surface area contributed by atoms with Crippen LogP contribution in [-0.2, 0) is 6.42 Å². The van der Waals surface area contributed by atoms with E-state index in [2.05, 4.69) is 23.8 Å². The molecule has 0 amide bonds. The van der Waals surface area contributed by atoms with Crippen molar-refractivity contribution < 1.29 is 4.74 Å². The van der Waals surface area contributed by atoms with Crippen molar-refractivity contribution in [2.45, 2.75) is 20.3 Å². The third-order valence-corrected chi connectivity index (χ3v) is 1.64. The molecule has 4 heteroatoms. The first-order valence-corrected chi connectivity index (χ1v) is 4.87. The number of ether oxygens (including phenoxy) is 1. The summed E-state index contributed by atoms with van der Waals surface area (Å²) in [6.45, 7) is 5.42. The summed E-state index contributed by atoms with van der Waals surface area (Å²) in [6, 6.07) is 2.30. The minimum absolute atomic E-state index is 0.449. The van der Waals surface area contributed by atoms with E-state index < -0.39 is 0 Å². The molecule has 0 bridgehead atoms. The Hall–Kier alpha value is -1.16. The van der Waals surface area contributed by atoms with Crippen LogP contribution in [-0.4, -0.2) is 23.1 Å². The molecule has 1 aromatic heterocycles. The molecule has 0 aliphatic heterocycles. The van der Waals surface area contributed by atoms with E-state index >= 15 is 0 Å². The summed E-state index contributed by atoms with van der Waals surface area (Å²) < 4.78 is 5.39. The van der Waals surface area contributed by atoms with E-state index in [-0.39, 0.29) is 0 Å². The summed E-state index contributed by atoms with van der Waals surface area (Å²) in [6.07, 6.45) is 2.47. The summed E-state index contributed by atoms with van der Waals surface area (Å²) >= 11 is 0. The molecule has 0 aromatic carbocycles. The van der Waals surface area contributed by atoms with Crippen molar-refractivity contribution in [3.63, 3.8) is 0 Å². The predicted molar refractivity (Wildman–Crippen MR) is 55.1 cm³/mol. The van der Waals surface area contributed by atoms with Crippen LogP contribution in [0.3, 0.4) is 0 Å². The lowest BCUT2D eigenvalue weighted by molar-refractivity contribution is 0.250. The van der Waals surface area contributed by atoms with Crippen molar-refractivity contribution >= 4 is 0 Å². The van der Waals surface area contributed by atoms with E-state index in [9.17, 15) is 0 Å². The molecule has 0 radical (unpaired) electrons. The molecule has 78 valence electrons. The van der Waals surface area contributed by atoms with Gasteiger partial charge in [0.05, 0.1) is 6.61 Å². The van der Waals surface area contributed by atoms with E-state index in [1.807, 2.05) is 6.07 Å². The van der Waals surface area contributed by atoms with Gasteiger partial charge in [0.2, 0.25) is 0 Å². The molecule has 0 aliphatic rings. The normalized spacial score (nSPS) is 10.6. The maximum Gasteiger partial charge on any atom is 0.316 e. The highest BCUT2D eigenvalue weighted by atomic mass is 16.5. The molecule has 0 spiro atoms. The molecule has 0 atom stereocenters. The lowest BCUT2D eigenvalue weighted by Crippen LogP contribution is -2.09. The highest BCUT2D eigenvalue weighted by molar-refractivity contribution is 5.05. The van der Waals surface area contributed by atoms with Crippen LogP contribution in [0.2, 0.25) is 0 Å². The molecule has 1 rings (SSSR count). The Labute approximate surface area is 84.5 Å². The summed E-state index contributed by atoms with van der Waals surface area (Å²) in [5, 5.41) is 0. The number of aromatic nitrogens is 2. The van der Waals surface area contributed by atoms with Gasteiger partial charge >= 0.3 is 6.01 Å². The van der Waals surface area contributed by atoms with E-state index in [1.165, 1.54) is 0 Å². The first-order chi connectivity index (χ1) is 6.72.